The van der Waals surface area contributed by atoms with Gasteiger partial charge in [0.05, 0.1) is 4.70 Å². The van der Waals surface area contributed by atoms with Gasteiger partial charge in [0.1, 0.15) is 17.1 Å². The normalized spacial score (nSPS) is 11.2. The van der Waals surface area contributed by atoms with Gasteiger partial charge >= 0.3 is 0 Å². The van der Waals surface area contributed by atoms with Gasteiger partial charge in [-0.25, -0.2) is 13.8 Å². The lowest BCUT2D eigenvalue weighted by atomic mass is 10.2. The molecule has 1 heterocycles. The molecule has 0 unspecified atom stereocenters. The molecular weight excluding hydrogens is 396 g/mol. The average molecular weight is 419 g/mol. The van der Waals surface area contributed by atoms with Gasteiger partial charge in [-0.05, 0) is 51.7 Å². The second-order valence-electron chi connectivity index (χ2n) is 6.99. The van der Waals surface area contributed by atoms with Crippen LogP contribution in [0.25, 0.3) is 10.2 Å². The summed E-state index contributed by atoms with van der Waals surface area (Å²) in [7, 11) is 3.90. The topological polar surface area (TPSA) is 45.7 Å². The van der Waals surface area contributed by atoms with Crippen molar-refractivity contribution in [2.75, 3.05) is 38.7 Å². The monoisotopic (exact) mass is 419 g/mol. The fourth-order valence-corrected chi connectivity index (χ4v) is 3.92. The number of rotatable bonds is 8. The van der Waals surface area contributed by atoms with Crippen molar-refractivity contribution in [2.45, 2.75) is 13.3 Å². The number of halogens is 2. The summed E-state index contributed by atoms with van der Waals surface area (Å²) in [5, 5.41) is 0.335. The summed E-state index contributed by atoms with van der Waals surface area (Å²) in [6, 6.07) is 9.46. The van der Waals surface area contributed by atoms with E-state index >= 15 is 0 Å². The highest BCUT2D eigenvalue weighted by atomic mass is 32.1. The largest absolute Gasteiger partial charge is 0.483 e. The Morgan fingerprint density at radius 1 is 1.17 bits per heavy atom. The van der Waals surface area contributed by atoms with Crippen LogP contribution in [0.15, 0.2) is 36.4 Å². The molecule has 3 aromatic rings. The summed E-state index contributed by atoms with van der Waals surface area (Å²) in [6.45, 7) is 2.91. The number of anilines is 1. The molecule has 0 saturated carbocycles. The Kier molecular flexibility index (Phi) is 6.76. The van der Waals surface area contributed by atoms with E-state index in [9.17, 15) is 13.6 Å². The predicted molar refractivity (Wildman–Crippen MR) is 112 cm³/mol. The molecule has 1 amide bonds. The van der Waals surface area contributed by atoms with Gasteiger partial charge in [0.15, 0.2) is 17.6 Å². The highest BCUT2D eigenvalue weighted by Crippen LogP contribution is 2.31. The molecule has 0 fully saturated rings. The molecule has 1 aromatic heterocycles. The van der Waals surface area contributed by atoms with E-state index in [-0.39, 0.29) is 18.0 Å². The quantitative estimate of drug-likeness (QED) is 0.548. The lowest BCUT2D eigenvalue weighted by Crippen LogP contribution is -2.37. The summed E-state index contributed by atoms with van der Waals surface area (Å²) < 4.78 is 33.7. The molecule has 5 nitrogen and oxygen atoms in total. The maximum Gasteiger partial charge on any atom is 0.266 e. The summed E-state index contributed by atoms with van der Waals surface area (Å²) >= 11 is 1.09. The van der Waals surface area contributed by atoms with Gasteiger partial charge in [0.2, 0.25) is 0 Å². The Morgan fingerprint density at radius 2 is 1.93 bits per heavy atom. The number of hydrogen-bond donors (Lipinski definition) is 0. The second kappa shape index (κ2) is 9.28. The van der Waals surface area contributed by atoms with E-state index in [1.54, 1.807) is 6.07 Å². The summed E-state index contributed by atoms with van der Waals surface area (Å²) in [6.07, 6.45) is 0.704. The fourth-order valence-electron chi connectivity index (χ4n) is 2.87. The molecule has 0 bridgehead atoms. The van der Waals surface area contributed by atoms with Crippen LogP contribution in [0.3, 0.4) is 0 Å². The number of aromatic nitrogens is 1. The van der Waals surface area contributed by atoms with E-state index < -0.39 is 11.6 Å². The van der Waals surface area contributed by atoms with E-state index in [1.807, 2.05) is 44.1 Å². The third kappa shape index (κ3) is 5.27. The summed E-state index contributed by atoms with van der Waals surface area (Å²) in [4.78, 5) is 20.7. The number of nitrogens with zero attached hydrogens (tertiary/aromatic N) is 3. The van der Waals surface area contributed by atoms with Crippen LogP contribution in [0, 0.1) is 18.6 Å². The van der Waals surface area contributed by atoms with E-state index in [4.69, 9.17) is 4.74 Å². The van der Waals surface area contributed by atoms with Crippen molar-refractivity contribution in [3.05, 3.63) is 53.6 Å². The molecule has 0 atom stereocenters. The third-order valence-corrected chi connectivity index (χ3v) is 5.39. The van der Waals surface area contributed by atoms with Crippen LogP contribution in [-0.2, 0) is 4.79 Å². The number of ether oxygens (including phenoxy) is 1. The number of carbonyl (C=O) groups is 1. The number of para-hydroxylation sites is 1. The number of aryl methyl sites for hydroxylation is 1. The van der Waals surface area contributed by atoms with E-state index in [1.165, 1.54) is 11.0 Å². The lowest BCUT2D eigenvalue weighted by Gasteiger charge is -2.21. The Balaban J connectivity index is 1.82. The number of amides is 1. The molecule has 3 rings (SSSR count). The van der Waals surface area contributed by atoms with Gasteiger partial charge in [-0.15, -0.1) is 0 Å². The van der Waals surface area contributed by atoms with Crippen LogP contribution in [0.4, 0.5) is 13.9 Å². The molecule has 0 aliphatic heterocycles. The van der Waals surface area contributed by atoms with E-state index in [0.29, 0.717) is 28.5 Å². The Hall–Kier alpha value is -2.58. The van der Waals surface area contributed by atoms with Gasteiger partial charge in [-0.1, -0.05) is 29.5 Å². The number of thiazole rings is 1. The minimum atomic E-state index is -0.737. The summed E-state index contributed by atoms with van der Waals surface area (Å²) in [5.41, 5.74) is 0.994. The Morgan fingerprint density at radius 3 is 2.66 bits per heavy atom. The zero-order valence-corrected chi connectivity index (χ0v) is 17.4. The zero-order chi connectivity index (χ0) is 21.0. The number of carbonyl (C=O) groups excluding carboxylic acids is 1. The Bertz CT molecular complexity index is 1010. The standard InChI is InChI=1S/C21H23F2N3O2S/c1-14-7-4-5-8-17(14)28-13-19(27)26(10-6-9-25(2)3)21-24-20-16(23)11-15(22)12-18(20)29-21/h4-5,7-8,11-12H,6,9-10,13H2,1-3H3. The molecule has 8 heteroatoms. The third-order valence-electron chi connectivity index (χ3n) is 4.37. The van der Waals surface area contributed by atoms with Crippen LogP contribution in [0.2, 0.25) is 0 Å². The van der Waals surface area contributed by atoms with Crippen LogP contribution in [0.5, 0.6) is 5.75 Å². The van der Waals surface area contributed by atoms with Crippen LogP contribution >= 0.6 is 11.3 Å². The van der Waals surface area contributed by atoms with Crippen molar-refractivity contribution in [1.82, 2.24) is 9.88 Å². The van der Waals surface area contributed by atoms with Gasteiger partial charge in [0.25, 0.3) is 5.91 Å². The smallest absolute Gasteiger partial charge is 0.266 e. The van der Waals surface area contributed by atoms with Crippen molar-refractivity contribution < 1.29 is 18.3 Å². The summed E-state index contributed by atoms with van der Waals surface area (Å²) in [5.74, 6) is -1.06. The number of hydrogen-bond acceptors (Lipinski definition) is 5. The first-order valence-electron chi connectivity index (χ1n) is 9.24. The van der Waals surface area contributed by atoms with Gasteiger partial charge in [-0.3, -0.25) is 9.69 Å². The van der Waals surface area contributed by atoms with E-state index in [0.717, 1.165) is 29.5 Å². The lowest BCUT2D eigenvalue weighted by molar-refractivity contribution is -0.120. The van der Waals surface area contributed by atoms with Crippen LogP contribution < -0.4 is 9.64 Å². The highest BCUT2D eigenvalue weighted by molar-refractivity contribution is 7.22. The first-order chi connectivity index (χ1) is 13.8. The highest BCUT2D eigenvalue weighted by Gasteiger charge is 2.22. The molecule has 0 radical (unpaired) electrons. The van der Waals surface area contributed by atoms with Crippen molar-refractivity contribution in [3.63, 3.8) is 0 Å². The SMILES string of the molecule is Cc1ccccc1OCC(=O)N(CCCN(C)C)c1nc2c(F)cc(F)cc2s1. The fraction of sp³-hybridized carbons (Fsp3) is 0.333. The van der Waals surface area contributed by atoms with Gasteiger partial charge in [0, 0.05) is 12.6 Å². The van der Waals surface area contributed by atoms with E-state index in [2.05, 4.69) is 4.98 Å². The maximum absolute atomic E-state index is 14.1. The molecule has 0 spiro atoms. The van der Waals surface area contributed by atoms with Gasteiger partial charge < -0.3 is 9.64 Å². The molecule has 2 aromatic carbocycles. The first kappa shape index (κ1) is 21.1. The van der Waals surface area contributed by atoms with Gasteiger partial charge in [-0.2, -0.15) is 0 Å². The number of benzene rings is 2. The molecule has 0 saturated heterocycles. The van der Waals surface area contributed by atoms with Crippen LogP contribution in [-0.4, -0.2) is 49.6 Å². The minimum absolute atomic E-state index is 0.0663. The molecule has 0 N–H and O–H groups in total. The molecule has 29 heavy (non-hydrogen) atoms. The zero-order valence-electron chi connectivity index (χ0n) is 16.6. The molecular formula is C21H23F2N3O2S. The minimum Gasteiger partial charge on any atom is -0.483 e. The van der Waals surface area contributed by atoms with Crippen molar-refractivity contribution >= 4 is 32.6 Å². The van der Waals surface area contributed by atoms with Crippen molar-refractivity contribution in [2.24, 2.45) is 0 Å². The van der Waals surface area contributed by atoms with Crippen molar-refractivity contribution in [1.29, 1.82) is 0 Å². The molecule has 0 aliphatic rings. The molecule has 0 aliphatic carbocycles. The second-order valence-corrected chi connectivity index (χ2v) is 8.00. The van der Waals surface area contributed by atoms with Crippen LogP contribution in [0.1, 0.15) is 12.0 Å². The molecule has 154 valence electrons. The Labute approximate surface area is 172 Å². The predicted octanol–water partition coefficient (Wildman–Crippen LogP) is 4.25. The number of fused-ring (bicyclic) bond motifs is 1. The average Bonchev–Trinajstić information content (AvgIpc) is 3.08. The van der Waals surface area contributed by atoms with Crippen molar-refractivity contribution in [3.8, 4) is 5.75 Å². The maximum atomic E-state index is 14.1. The first-order valence-corrected chi connectivity index (χ1v) is 10.1.